The van der Waals surface area contributed by atoms with Gasteiger partial charge in [0, 0.05) is 5.75 Å². The Bertz CT molecular complexity index is 737. The summed E-state index contributed by atoms with van der Waals surface area (Å²) in [7, 11) is -4.16. The Morgan fingerprint density at radius 3 is 2.50 bits per heavy atom. The molecule has 2 aromatic carbocycles. The summed E-state index contributed by atoms with van der Waals surface area (Å²) >= 11 is 0. The van der Waals surface area contributed by atoms with Gasteiger partial charge in [-0.15, -0.1) is 0 Å². The van der Waals surface area contributed by atoms with Crippen LogP contribution < -0.4 is 4.74 Å². The van der Waals surface area contributed by atoms with Gasteiger partial charge in [-0.3, -0.25) is 0 Å². The third-order valence-electron chi connectivity index (χ3n) is 3.82. The van der Waals surface area contributed by atoms with Crippen LogP contribution in [0.25, 0.3) is 10.8 Å². The molecule has 1 unspecified atom stereocenters. The Labute approximate surface area is 131 Å². The first kappa shape index (κ1) is 16.8. The predicted molar refractivity (Wildman–Crippen MR) is 87.3 cm³/mol. The molecule has 120 valence electrons. The second kappa shape index (κ2) is 7.11. The average molecular weight is 321 g/mol. The monoisotopic (exact) mass is 321 g/mol. The minimum atomic E-state index is -4.16. The number of rotatable bonds is 7. The Morgan fingerprint density at radius 1 is 1.14 bits per heavy atom. The summed E-state index contributed by atoms with van der Waals surface area (Å²) in [5.74, 6) is 0.834. The number of benzene rings is 2. The Balaban J connectivity index is 2.04. The van der Waals surface area contributed by atoms with Crippen molar-refractivity contribution in [3.8, 4) is 5.75 Å². The van der Waals surface area contributed by atoms with Gasteiger partial charge < -0.3 is 9.29 Å². The SMILES string of the molecule is CCC(C)c1ccc2cc(OCCCS(=O)(=O)[O-])ccc2c1. The van der Waals surface area contributed by atoms with Gasteiger partial charge in [0.25, 0.3) is 0 Å². The van der Waals surface area contributed by atoms with E-state index in [4.69, 9.17) is 4.74 Å². The van der Waals surface area contributed by atoms with E-state index < -0.39 is 15.9 Å². The van der Waals surface area contributed by atoms with E-state index >= 15 is 0 Å². The van der Waals surface area contributed by atoms with E-state index in [9.17, 15) is 13.0 Å². The highest BCUT2D eigenvalue weighted by molar-refractivity contribution is 7.85. The van der Waals surface area contributed by atoms with E-state index in [1.807, 2.05) is 18.2 Å². The molecule has 2 rings (SSSR count). The summed E-state index contributed by atoms with van der Waals surface area (Å²) in [6.07, 6.45) is 1.31. The van der Waals surface area contributed by atoms with Gasteiger partial charge in [0.15, 0.2) is 0 Å². The quantitative estimate of drug-likeness (QED) is 0.576. The zero-order chi connectivity index (χ0) is 16.2. The van der Waals surface area contributed by atoms with Gasteiger partial charge in [0.2, 0.25) is 0 Å². The normalized spacial score (nSPS) is 13.2. The molecule has 0 N–H and O–H groups in total. The third-order valence-corrected chi connectivity index (χ3v) is 4.61. The minimum absolute atomic E-state index is 0.205. The largest absolute Gasteiger partial charge is 0.748 e. The van der Waals surface area contributed by atoms with E-state index in [-0.39, 0.29) is 13.0 Å². The van der Waals surface area contributed by atoms with Gasteiger partial charge >= 0.3 is 0 Å². The van der Waals surface area contributed by atoms with Gasteiger partial charge in [-0.2, -0.15) is 0 Å². The highest BCUT2D eigenvalue weighted by atomic mass is 32.2. The maximum absolute atomic E-state index is 10.5. The molecule has 5 heteroatoms. The van der Waals surface area contributed by atoms with E-state index in [0.717, 1.165) is 17.2 Å². The van der Waals surface area contributed by atoms with Crippen LogP contribution in [0, 0.1) is 0 Å². The lowest BCUT2D eigenvalue weighted by Gasteiger charge is -2.12. The molecule has 0 saturated carbocycles. The summed E-state index contributed by atoms with van der Waals surface area (Å²) in [6, 6.07) is 12.2. The van der Waals surface area contributed by atoms with Crippen molar-refractivity contribution in [2.24, 2.45) is 0 Å². The van der Waals surface area contributed by atoms with Gasteiger partial charge in [0.1, 0.15) is 5.75 Å². The molecule has 4 nitrogen and oxygen atoms in total. The molecule has 0 amide bonds. The molecule has 0 aromatic heterocycles. The highest BCUT2D eigenvalue weighted by Gasteiger charge is 2.05. The Kier molecular flexibility index (Phi) is 5.42. The minimum Gasteiger partial charge on any atom is -0.748 e. The molecule has 0 saturated heterocycles. The first-order valence-corrected chi connectivity index (χ1v) is 9.07. The third kappa shape index (κ3) is 4.71. The van der Waals surface area contributed by atoms with E-state index in [2.05, 4.69) is 32.0 Å². The smallest absolute Gasteiger partial charge is 0.119 e. The molecular formula is C17H21O4S-. The number of ether oxygens (including phenoxy) is 1. The predicted octanol–water partition coefficient (Wildman–Crippen LogP) is 3.67. The molecule has 22 heavy (non-hydrogen) atoms. The fourth-order valence-electron chi connectivity index (χ4n) is 2.30. The maximum Gasteiger partial charge on any atom is 0.119 e. The van der Waals surface area contributed by atoms with Crippen molar-refractivity contribution in [2.75, 3.05) is 12.4 Å². The van der Waals surface area contributed by atoms with Crippen molar-refractivity contribution in [2.45, 2.75) is 32.6 Å². The number of fused-ring (bicyclic) bond motifs is 1. The molecule has 0 heterocycles. The standard InChI is InChI=1S/C17H22O4S/c1-3-13(2)14-5-6-16-12-17(8-7-15(16)11-14)21-9-4-10-22(18,19)20/h5-8,11-13H,3-4,9-10H2,1-2H3,(H,18,19,20)/p-1. The Hall–Kier alpha value is -1.59. The number of hydrogen-bond donors (Lipinski definition) is 0. The van der Waals surface area contributed by atoms with Crippen LogP contribution in [-0.4, -0.2) is 25.3 Å². The fraction of sp³-hybridized carbons (Fsp3) is 0.412. The lowest BCUT2D eigenvalue weighted by Crippen LogP contribution is -2.08. The average Bonchev–Trinajstić information content (AvgIpc) is 2.49. The van der Waals surface area contributed by atoms with Gasteiger partial charge in [0.05, 0.1) is 16.7 Å². The lowest BCUT2D eigenvalue weighted by molar-refractivity contribution is 0.316. The summed E-state index contributed by atoms with van der Waals surface area (Å²) in [5, 5.41) is 2.24. The topological polar surface area (TPSA) is 66.4 Å². The zero-order valence-electron chi connectivity index (χ0n) is 12.9. The number of hydrogen-bond acceptors (Lipinski definition) is 4. The van der Waals surface area contributed by atoms with Gasteiger partial charge in [-0.1, -0.05) is 38.1 Å². The van der Waals surface area contributed by atoms with Crippen LogP contribution in [0.1, 0.15) is 38.2 Å². The summed E-state index contributed by atoms with van der Waals surface area (Å²) in [6.45, 7) is 4.61. The fourth-order valence-corrected chi connectivity index (χ4v) is 2.77. The summed E-state index contributed by atoms with van der Waals surface area (Å²) in [4.78, 5) is 0. The van der Waals surface area contributed by atoms with Gasteiger partial charge in [-0.05, 0) is 47.2 Å². The van der Waals surface area contributed by atoms with Crippen LogP contribution in [0.4, 0.5) is 0 Å². The summed E-state index contributed by atoms with van der Waals surface area (Å²) < 4.78 is 37.1. The van der Waals surface area contributed by atoms with Crippen LogP contribution in [0.3, 0.4) is 0 Å². The molecular weight excluding hydrogens is 300 g/mol. The van der Waals surface area contributed by atoms with Crippen molar-refractivity contribution < 1.29 is 17.7 Å². The van der Waals surface area contributed by atoms with Crippen LogP contribution in [0.5, 0.6) is 5.75 Å². The Morgan fingerprint density at radius 2 is 1.82 bits per heavy atom. The molecule has 0 spiro atoms. The second-order valence-electron chi connectivity index (χ2n) is 5.54. The van der Waals surface area contributed by atoms with Crippen LogP contribution >= 0.6 is 0 Å². The molecule has 0 aliphatic carbocycles. The molecule has 0 bridgehead atoms. The summed E-state index contributed by atoms with van der Waals surface area (Å²) in [5.41, 5.74) is 1.32. The molecule has 1 atom stereocenters. The molecule has 0 aliphatic rings. The van der Waals surface area contributed by atoms with E-state index in [0.29, 0.717) is 11.7 Å². The van der Waals surface area contributed by atoms with E-state index in [1.54, 1.807) is 0 Å². The zero-order valence-corrected chi connectivity index (χ0v) is 13.7. The van der Waals surface area contributed by atoms with Crippen LogP contribution in [-0.2, 0) is 10.1 Å². The molecule has 0 fully saturated rings. The van der Waals surface area contributed by atoms with Crippen LogP contribution in [0.2, 0.25) is 0 Å². The molecule has 2 aromatic rings. The van der Waals surface area contributed by atoms with Gasteiger partial charge in [-0.25, -0.2) is 8.42 Å². The van der Waals surface area contributed by atoms with Crippen molar-refractivity contribution in [3.63, 3.8) is 0 Å². The molecule has 0 aliphatic heterocycles. The first-order chi connectivity index (χ1) is 10.4. The van der Waals surface area contributed by atoms with Crippen LogP contribution in [0.15, 0.2) is 36.4 Å². The van der Waals surface area contributed by atoms with Crippen molar-refractivity contribution in [3.05, 3.63) is 42.0 Å². The first-order valence-electron chi connectivity index (χ1n) is 7.49. The van der Waals surface area contributed by atoms with Crippen molar-refractivity contribution in [1.82, 2.24) is 0 Å². The highest BCUT2D eigenvalue weighted by Crippen LogP contribution is 2.26. The maximum atomic E-state index is 10.5. The van der Waals surface area contributed by atoms with Crippen molar-refractivity contribution >= 4 is 20.9 Å². The lowest BCUT2D eigenvalue weighted by atomic mass is 9.96. The van der Waals surface area contributed by atoms with E-state index in [1.165, 1.54) is 5.56 Å². The second-order valence-corrected chi connectivity index (χ2v) is 7.07. The molecule has 0 radical (unpaired) electrons. The van der Waals surface area contributed by atoms with Crippen molar-refractivity contribution in [1.29, 1.82) is 0 Å².